The average Bonchev–Trinajstić information content (AvgIpc) is 1.89. The van der Waals surface area contributed by atoms with Crippen molar-refractivity contribution >= 4 is 21.6 Å². The standard InChI is InChI=1S/C7H16S2/c1-3-5-7-9-8-6-4-2/h3-7H2,1-2H3. The van der Waals surface area contributed by atoms with Gasteiger partial charge in [-0.1, -0.05) is 41.9 Å². The largest absolute Gasteiger partial charge is 0.0942 e. The van der Waals surface area contributed by atoms with Gasteiger partial charge in [-0.2, -0.15) is 0 Å². The molecule has 0 bridgehead atoms. The van der Waals surface area contributed by atoms with Crippen LogP contribution in [0.15, 0.2) is 0 Å². The predicted octanol–water partition coefficient (Wildman–Crippen LogP) is 3.58. The molecule has 0 atom stereocenters. The average molecular weight is 164 g/mol. The lowest BCUT2D eigenvalue weighted by Gasteiger charge is -1.95. The van der Waals surface area contributed by atoms with Crippen LogP contribution >= 0.6 is 21.6 Å². The van der Waals surface area contributed by atoms with Gasteiger partial charge in [-0.05, 0) is 12.8 Å². The Morgan fingerprint density at radius 3 is 2.11 bits per heavy atom. The molecular weight excluding hydrogens is 148 g/mol. The summed E-state index contributed by atoms with van der Waals surface area (Å²) in [4.78, 5) is 0. The van der Waals surface area contributed by atoms with E-state index >= 15 is 0 Å². The first-order valence-electron chi connectivity index (χ1n) is 3.66. The molecule has 0 spiro atoms. The fourth-order valence-corrected chi connectivity index (χ4v) is 2.77. The molecule has 0 aromatic rings. The Hall–Kier alpha value is 0.700. The van der Waals surface area contributed by atoms with Gasteiger partial charge in [-0.3, -0.25) is 0 Å². The van der Waals surface area contributed by atoms with Crippen molar-refractivity contribution < 1.29 is 0 Å². The van der Waals surface area contributed by atoms with Crippen LogP contribution in [0, 0.1) is 0 Å². The van der Waals surface area contributed by atoms with Crippen LogP contribution in [0.1, 0.15) is 33.1 Å². The normalized spacial score (nSPS) is 10.0. The van der Waals surface area contributed by atoms with Gasteiger partial charge < -0.3 is 0 Å². The molecule has 9 heavy (non-hydrogen) atoms. The molecule has 0 saturated carbocycles. The van der Waals surface area contributed by atoms with Crippen molar-refractivity contribution in [3.05, 3.63) is 0 Å². The summed E-state index contributed by atoms with van der Waals surface area (Å²) in [5, 5.41) is 0. The topological polar surface area (TPSA) is 0 Å². The number of unbranched alkanes of at least 4 members (excludes halogenated alkanes) is 1. The summed E-state index contributed by atoms with van der Waals surface area (Å²) < 4.78 is 0. The highest BCUT2D eigenvalue weighted by Gasteiger charge is 1.86. The van der Waals surface area contributed by atoms with Crippen LogP contribution in [0.5, 0.6) is 0 Å². The summed E-state index contributed by atoms with van der Waals surface area (Å²) in [6.45, 7) is 4.47. The molecule has 0 fully saturated rings. The van der Waals surface area contributed by atoms with E-state index in [0.717, 1.165) is 0 Å². The zero-order chi connectivity index (χ0) is 6.95. The number of hydrogen-bond donors (Lipinski definition) is 0. The van der Waals surface area contributed by atoms with Crippen LogP contribution in [-0.2, 0) is 0 Å². The Balaban J connectivity index is 2.60. The highest BCUT2D eigenvalue weighted by Crippen LogP contribution is 2.22. The van der Waals surface area contributed by atoms with E-state index in [4.69, 9.17) is 0 Å². The first kappa shape index (κ1) is 9.70. The van der Waals surface area contributed by atoms with Gasteiger partial charge >= 0.3 is 0 Å². The molecule has 0 heterocycles. The van der Waals surface area contributed by atoms with Gasteiger partial charge in [0.25, 0.3) is 0 Å². The van der Waals surface area contributed by atoms with E-state index in [1.54, 1.807) is 0 Å². The van der Waals surface area contributed by atoms with Crippen molar-refractivity contribution in [2.45, 2.75) is 33.1 Å². The van der Waals surface area contributed by atoms with Gasteiger partial charge in [0.1, 0.15) is 0 Å². The smallest absolute Gasteiger partial charge is 0.00368 e. The van der Waals surface area contributed by atoms with Crippen LogP contribution in [0.3, 0.4) is 0 Å². The molecular formula is C7H16S2. The van der Waals surface area contributed by atoms with E-state index in [-0.39, 0.29) is 0 Å². The van der Waals surface area contributed by atoms with Crippen LogP contribution in [0.25, 0.3) is 0 Å². The van der Waals surface area contributed by atoms with Crippen molar-refractivity contribution in [2.24, 2.45) is 0 Å². The third-order valence-electron chi connectivity index (χ3n) is 0.952. The molecule has 0 aromatic heterocycles. The maximum Gasteiger partial charge on any atom is 0.00368 e. The molecule has 0 saturated heterocycles. The van der Waals surface area contributed by atoms with Crippen molar-refractivity contribution in [3.8, 4) is 0 Å². The maximum atomic E-state index is 2.24. The number of hydrogen-bond acceptors (Lipinski definition) is 2. The molecule has 56 valence electrons. The first-order chi connectivity index (χ1) is 4.41. The van der Waals surface area contributed by atoms with E-state index in [1.807, 2.05) is 21.6 Å². The van der Waals surface area contributed by atoms with Crippen molar-refractivity contribution in [3.63, 3.8) is 0 Å². The van der Waals surface area contributed by atoms with Crippen LogP contribution < -0.4 is 0 Å². The summed E-state index contributed by atoms with van der Waals surface area (Å²) in [7, 11) is 4.03. The van der Waals surface area contributed by atoms with E-state index < -0.39 is 0 Å². The molecule has 0 aliphatic carbocycles. The summed E-state index contributed by atoms with van der Waals surface area (Å²) in [5.41, 5.74) is 0. The Kier molecular flexibility index (Phi) is 9.38. The predicted molar refractivity (Wildman–Crippen MR) is 50.1 cm³/mol. The zero-order valence-corrected chi connectivity index (χ0v) is 7.99. The van der Waals surface area contributed by atoms with E-state index in [0.29, 0.717) is 0 Å². The van der Waals surface area contributed by atoms with Crippen LogP contribution in [0.2, 0.25) is 0 Å². The van der Waals surface area contributed by atoms with Crippen molar-refractivity contribution in [1.29, 1.82) is 0 Å². The third-order valence-corrected chi connectivity index (χ3v) is 3.65. The van der Waals surface area contributed by atoms with E-state index in [2.05, 4.69) is 13.8 Å². The minimum absolute atomic E-state index is 1.31. The summed E-state index contributed by atoms with van der Waals surface area (Å²) in [6.07, 6.45) is 4.02. The molecule has 0 nitrogen and oxygen atoms in total. The Morgan fingerprint density at radius 2 is 1.56 bits per heavy atom. The Labute approximate surface area is 66.6 Å². The second-order valence-corrected chi connectivity index (χ2v) is 4.70. The minimum atomic E-state index is 1.31. The molecule has 0 rings (SSSR count). The zero-order valence-electron chi connectivity index (χ0n) is 6.35. The van der Waals surface area contributed by atoms with Crippen LogP contribution in [0.4, 0.5) is 0 Å². The lowest BCUT2D eigenvalue weighted by molar-refractivity contribution is 0.898. The molecule has 2 heteroatoms. The molecule has 0 amide bonds. The number of rotatable bonds is 6. The lowest BCUT2D eigenvalue weighted by atomic mass is 10.4. The van der Waals surface area contributed by atoms with E-state index in [9.17, 15) is 0 Å². The molecule has 0 unspecified atom stereocenters. The third kappa shape index (κ3) is 8.70. The molecule has 0 aromatic carbocycles. The molecule has 0 N–H and O–H groups in total. The SMILES string of the molecule is CCCCSSCCC. The van der Waals surface area contributed by atoms with Crippen molar-refractivity contribution in [1.82, 2.24) is 0 Å². The van der Waals surface area contributed by atoms with Crippen molar-refractivity contribution in [2.75, 3.05) is 11.5 Å². The molecule has 0 aliphatic rings. The summed E-state index contributed by atoms with van der Waals surface area (Å²) in [6, 6.07) is 0. The van der Waals surface area contributed by atoms with Gasteiger partial charge in [-0.25, -0.2) is 0 Å². The highest BCUT2D eigenvalue weighted by atomic mass is 33.1. The monoisotopic (exact) mass is 164 g/mol. The van der Waals surface area contributed by atoms with Gasteiger partial charge in [0.2, 0.25) is 0 Å². The van der Waals surface area contributed by atoms with Crippen LogP contribution in [-0.4, -0.2) is 11.5 Å². The quantitative estimate of drug-likeness (QED) is 0.435. The van der Waals surface area contributed by atoms with Gasteiger partial charge in [0.15, 0.2) is 0 Å². The highest BCUT2D eigenvalue weighted by molar-refractivity contribution is 8.76. The maximum absolute atomic E-state index is 2.24. The second-order valence-electron chi connectivity index (χ2n) is 2.00. The summed E-state index contributed by atoms with van der Waals surface area (Å²) >= 11 is 0. The summed E-state index contributed by atoms with van der Waals surface area (Å²) in [5.74, 6) is 2.65. The molecule has 0 radical (unpaired) electrons. The second kappa shape index (κ2) is 8.70. The fourth-order valence-electron chi connectivity index (χ4n) is 0.404. The minimum Gasteiger partial charge on any atom is -0.0942 e. The Morgan fingerprint density at radius 1 is 0.889 bits per heavy atom. The molecule has 0 aliphatic heterocycles. The van der Waals surface area contributed by atoms with Gasteiger partial charge in [-0.15, -0.1) is 0 Å². The van der Waals surface area contributed by atoms with E-state index in [1.165, 1.54) is 30.8 Å². The lowest BCUT2D eigenvalue weighted by Crippen LogP contribution is -1.74. The first-order valence-corrected chi connectivity index (χ1v) is 6.15. The van der Waals surface area contributed by atoms with Gasteiger partial charge in [0, 0.05) is 11.5 Å². The Bertz CT molecular complexity index is 40.2. The fraction of sp³-hybridized carbons (Fsp3) is 1.00. The van der Waals surface area contributed by atoms with Gasteiger partial charge in [0.05, 0.1) is 0 Å².